The minimum absolute atomic E-state index is 0.173. The third-order valence-corrected chi connectivity index (χ3v) is 5.58. The zero-order valence-corrected chi connectivity index (χ0v) is 16.4. The molecule has 4 rings (SSSR count). The Hall–Kier alpha value is -2.34. The van der Waals surface area contributed by atoms with Gasteiger partial charge >= 0.3 is 6.01 Å². The topological polar surface area (TPSA) is 62.6 Å². The van der Waals surface area contributed by atoms with Crippen LogP contribution in [0.2, 0.25) is 0 Å². The van der Waals surface area contributed by atoms with E-state index in [1.54, 1.807) is 0 Å². The van der Waals surface area contributed by atoms with Gasteiger partial charge in [-0.25, -0.2) is 0 Å². The predicted octanol–water partition coefficient (Wildman–Crippen LogP) is 3.67. The second kappa shape index (κ2) is 8.78. The third-order valence-electron chi connectivity index (χ3n) is 5.58. The summed E-state index contributed by atoms with van der Waals surface area (Å²) < 4.78 is 19.1. The lowest BCUT2D eigenvalue weighted by Crippen LogP contribution is -2.23. The SMILES string of the molecule is CCOCc1cc(=O)nc2n1C[C@@H](COc1ccc(C3CCCCC3)cc1)O2. The van der Waals surface area contributed by atoms with Gasteiger partial charge < -0.3 is 14.2 Å². The number of nitrogens with zero attached hydrogens (tertiary/aromatic N) is 2. The maximum atomic E-state index is 11.8. The van der Waals surface area contributed by atoms with E-state index in [1.807, 2.05) is 23.6 Å². The molecule has 1 saturated carbocycles. The van der Waals surface area contributed by atoms with E-state index in [0.29, 0.717) is 38.3 Å². The first-order chi connectivity index (χ1) is 13.7. The lowest BCUT2D eigenvalue weighted by Gasteiger charge is -2.22. The van der Waals surface area contributed by atoms with Crippen LogP contribution in [0.4, 0.5) is 0 Å². The van der Waals surface area contributed by atoms with Gasteiger partial charge in [-0.1, -0.05) is 31.4 Å². The minimum atomic E-state index is -0.305. The molecule has 2 heterocycles. The molecular formula is C22H28N2O4. The van der Waals surface area contributed by atoms with E-state index in [-0.39, 0.29) is 11.7 Å². The Morgan fingerprint density at radius 3 is 2.71 bits per heavy atom. The Morgan fingerprint density at radius 1 is 1.18 bits per heavy atom. The molecule has 1 aromatic heterocycles. The molecule has 1 atom stereocenters. The van der Waals surface area contributed by atoms with Gasteiger partial charge in [-0.2, -0.15) is 4.98 Å². The highest BCUT2D eigenvalue weighted by Crippen LogP contribution is 2.33. The second-order valence-electron chi connectivity index (χ2n) is 7.57. The summed E-state index contributed by atoms with van der Waals surface area (Å²) in [5.41, 5.74) is 1.90. The smallest absolute Gasteiger partial charge is 0.300 e. The molecule has 150 valence electrons. The van der Waals surface area contributed by atoms with Crippen molar-refractivity contribution in [2.75, 3.05) is 13.2 Å². The van der Waals surface area contributed by atoms with Gasteiger partial charge in [0.05, 0.1) is 18.8 Å². The van der Waals surface area contributed by atoms with E-state index >= 15 is 0 Å². The molecule has 0 unspecified atom stereocenters. The summed E-state index contributed by atoms with van der Waals surface area (Å²) in [7, 11) is 0. The normalized spacial score (nSPS) is 19.2. The van der Waals surface area contributed by atoms with Crippen LogP contribution in [0.15, 0.2) is 35.1 Å². The van der Waals surface area contributed by atoms with Crippen molar-refractivity contribution in [2.24, 2.45) is 0 Å². The third kappa shape index (κ3) is 4.38. The first kappa shape index (κ1) is 19.0. The summed E-state index contributed by atoms with van der Waals surface area (Å²) in [5, 5.41) is 0. The van der Waals surface area contributed by atoms with Crippen LogP contribution in [-0.4, -0.2) is 28.9 Å². The van der Waals surface area contributed by atoms with Crippen molar-refractivity contribution >= 4 is 0 Å². The Morgan fingerprint density at radius 2 is 1.96 bits per heavy atom. The highest BCUT2D eigenvalue weighted by atomic mass is 16.6. The van der Waals surface area contributed by atoms with E-state index in [2.05, 4.69) is 17.1 Å². The van der Waals surface area contributed by atoms with Gasteiger partial charge in [0.2, 0.25) is 0 Å². The van der Waals surface area contributed by atoms with Gasteiger partial charge in [0.25, 0.3) is 5.56 Å². The largest absolute Gasteiger partial charge is 0.490 e. The minimum Gasteiger partial charge on any atom is -0.490 e. The van der Waals surface area contributed by atoms with Crippen LogP contribution in [0.1, 0.15) is 56.2 Å². The summed E-state index contributed by atoms with van der Waals surface area (Å²) in [6.45, 7) is 3.91. The standard InChI is InChI=1S/C22H28N2O4/c1-2-26-14-18-12-21(25)23-22-24(18)13-20(28-22)15-27-19-10-8-17(9-11-19)16-6-4-3-5-7-16/h8-12,16,20H,2-7,13-15H2,1H3/t20-/m0/s1. The Labute approximate surface area is 165 Å². The fourth-order valence-electron chi connectivity index (χ4n) is 4.08. The number of hydrogen-bond acceptors (Lipinski definition) is 5. The van der Waals surface area contributed by atoms with E-state index in [4.69, 9.17) is 14.2 Å². The molecule has 0 amide bonds. The maximum absolute atomic E-state index is 11.8. The van der Waals surface area contributed by atoms with Crippen molar-refractivity contribution in [3.63, 3.8) is 0 Å². The van der Waals surface area contributed by atoms with E-state index in [9.17, 15) is 4.79 Å². The number of fused-ring (bicyclic) bond motifs is 1. The molecule has 0 N–H and O–H groups in total. The van der Waals surface area contributed by atoms with Crippen molar-refractivity contribution in [3.05, 3.63) is 51.9 Å². The summed E-state index contributed by atoms with van der Waals surface area (Å²) in [5.74, 6) is 1.54. The second-order valence-corrected chi connectivity index (χ2v) is 7.57. The molecular weight excluding hydrogens is 356 g/mol. The van der Waals surface area contributed by atoms with Crippen LogP contribution >= 0.6 is 0 Å². The first-order valence-electron chi connectivity index (χ1n) is 10.3. The van der Waals surface area contributed by atoms with Crippen molar-refractivity contribution in [1.29, 1.82) is 0 Å². The molecule has 2 aromatic rings. The van der Waals surface area contributed by atoms with Crippen molar-refractivity contribution in [3.8, 4) is 11.8 Å². The molecule has 1 aromatic carbocycles. The summed E-state index contributed by atoms with van der Waals surface area (Å²) in [6, 6.07) is 10.3. The Bertz CT molecular complexity index is 841. The molecule has 1 aliphatic carbocycles. The van der Waals surface area contributed by atoms with Gasteiger partial charge in [0.1, 0.15) is 12.4 Å². The first-order valence-corrected chi connectivity index (χ1v) is 10.3. The van der Waals surface area contributed by atoms with Crippen LogP contribution < -0.4 is 15.0 Å². The van der Waals surface area contributed by atoms with Gasteiger partial charge in [0.15, 0.2) is 6.10 Å². The van der Waals surface area contributed by atoms with Gasteiger partial charge in [-0.05, 0) is 43.4 Å². The van der Waals surface area contributed by atoms with Crippen LogP contribution in [0.5, 0.6) is 11.8 Å². The predicted molar refractivity (Wildman–Crippen MR) is 106 cm³/mol. The number of rotatable bonds is 7. The van der Waals surface area contributed by atoms with E-state index < -0.39 is 0 Å². The van der Waals surface area contributed by atoms with Crippen molar-refractivity contribution < 1.29 is 14.2 Å². The molecule has 0 radical (unpaired) electrons. The van der Waals surface area contributed by atoms with E-state index in [1.165, 1.54) is 43.7 Å². The Balaban J connectivity index is 1.35. The van der Waals surface area contributed by atoms with Crippen LogP contribution in [-0.2, 0) is 17.9 Å². The lowest BCUT2D eigenvalue weighted by molar-refractivity contribution is 0.127. The van der Waals surface area contributed by atoms with Gasteiger partial charge in [0, 0.05) is 12.7 Å². The zero-order chi connectivity index (χ0) is 19.3. The molecule has 0 saturated heterocycles. The van der Waals surface area contributed by atoms with Crippen molar-refractivity contribution in [1.82, 2.24) is 9.55 Å². The molecule has 6 heteroatoms. The monoisotopic (exact) mass is 384 g/mol. The molecule has 0 bridgehead atoms. The summed E-state index contributed by atoms with van der Waals surface area (Å²) in [4.78, 5) is 15.7. The van der Waals surface area contributed by atoms with Crippen LogP contribution in [0, 0.1) is 0 Å². The van der Waals surface area contributed by atoms with Crippen LogP contribution in [0.3, 0.4) is 0 Å². The van der Waals surface area contributed by atoms with Crippen molar-refractivity contribution in [2.45, 2.75) is 64.2 Å². The molecule has 2 aliphatic rings. The quantitative estimate of drug-likeness (QED) is 0.729. The lowest BCUT2D eigenvalue weighted by atomic mass is 9.84. The number of aromatic nitrogens is 2. The maximum Gasteiger partial charge on any atom is 0.300 e. The molecule has 1 fully saturated rings. The van der Waals surface area contributed by atoms with Crippen LogP contribution in [0.25, 0.3) is 0 Å². The van der Waals surface area contributed by atoms with Gasteiger partial charge in [-0.15, -0.1) is 0 Å². The summed E-state index contributed by atoms with van der Waals surface area (Å²) >= 11 is 0. The highest BCUT2D eigenvalue weighted by molar-refractivity contribution is 5.29. The fourth-order valence-corrected chi connectivity index (χ4v) is 4.08. The highest BCUT2D eigenvalue weighted by Gasteiger charge is 2.26. The molecule has 1 aliphatic heterocycles. The summed E-state index contributed by atoms with van der Waals surface area (Å²) in [6.07, 6.45) is 6.46. The average Bonchev–Trinajstić information content (AvgIpc) is 3.14. The Kier molecular flexibility index (Phi) is 5.95. The van der Waals surface area contributed by atoms with E-state index in [0.717, 1.165) is 11.4 Å². The number of hydrogen-bond donors (Lipinski definition) is 0. The number of ether oxygens (including phenoxy) is 3. The molecule has 0 spiro atoms. The molecule has 28 heavy (non-hydrogen) atoms. The molecule has 6 nitrogen and oxygen atoms in total. The fraction of sp³-hybridized carbons (Fsp3) is 0.545. The number of benzene rings is 1. The zero-order valence-electron chi connectivity index (χ0n) is 16.4. The average molecular weight is 384 g/mol. The van der Waals surface area contributed by atoms with Gasteiger partial charge in [-0.3, -0.25) is 9.36 Å².